The molecule has 1 unspecified atom stereocenters. The normalized spacial score (nSPS) is 23.7. The predicted molar refractivity (Wildman–Crippen MR) is 123 cm³/mol. The van der Waals surface area contributed by atoms with Gasteiger partial charge in [0.1, 0.15) is 17.0 Å². The van der Waals surface area contributed by atoms with Crippen molar-refractivity contribution in [2.75, 3.05) is 24.7 Å². The number of nitrogens with zero attached hydrogens (tertiary/aromatic N) is 3. The number of benzene rings is 1. The highest BCUT2D eigenvalue weighted by Crippen LogP contribution is 2.33. The Bertz CT molecular complexity index is 1390. The van der Waals surface area contributed by atoms with E-state index in [1.165, 1.54) is 18.3 Å². The van der Waals surface area contributed by atoms with Crippen LogP contribution in [0.1, 0.15) is 36.2 Å². The quantitative estimate of drug-likeness (QED) is 0.547. The number of nitrogens with one attached hydrogen (secondary N) is 1. The average Bonchev–Trinajstić information content (AvgIpc) is 3.50. The molecular formula is C23H24F2N4O5S. The number of sulfone groups is 1. The van der Waals surface area contributed by atoms with Gasteiger partial charge in [0.15, 0.2) is 9.84 Å². The Labute approximate surface area is 200 Å². The Morgan fingerprint density at radius 3 is 2.86 bits per heavy atom. The van der Waals surface area contributed by atoms with Gasteiger partial charge in [0, 0.05) is 18.4 Å². The van der Waals surface area contributed by atoms with Gasteiger partial charge in [0.25, 0.3) is 5.91 Å². The molecule has 0 aliphatic carbocycles. The van der Waals surface area contributed by atoms with Crippen molar-refractivity contribution in [3.05, 3.63) is 42.1 Å². The van der Waals surface area contributed by atoms with E-state index < -0.39 is 27.9 Å². The summed E-state index contributed by atoms with van der Waals surface area (Å²) in [7, 11) is -3.19. The zero-order valence-corrected chi connectivity index (χ0v) is 19.7. The van der Waals surface area contributed by atoms with E-state index in [0.29, 0.717) is 41.9 Å². The standard InChI is InChI=1S/C23H24F2N4O5S/c1-23(6-8-35(31,32)13-23)27-21(30)15-10-18-20(26-11-15)19(28-29(18)16-5-7-33-12-16)14-3-2-4-17(9-14)34-22(24)25/h2-4,9-11,16,22H,5-8,12-13H2,1H3,(H,27,30)/t16?,23-/m1/s1. The molecule has 4 heterocycles. The maximum Gasteiger partial charge on any atom is 0.387 e. The number of carbonyl (C=O) groups is 1. The van der Waals surface area contributed by atoms with Crippen molar-refractivity contribution in [2.24, 2.45) is 0 Å². The van der Waals surface area contributed by atoms with E-state index in [1.54, 1.807) is 29.8 Å². The van der Waals surface area contributed by atoms with Gasteiger partial charge < -0.3 is 14.8 Å². The second-order valence-corrected chi connectivity index (χ2v) is 11.3. The molecule has 3 aromatic rings. The SMILES string of the molecule is C[C@@]1(NC(=O)c2cnc3c(-c4cccc(OC(F)F)c4)nn(C4CCOC4)c3c2)CCS(=O)(=O)C1. The van der Waals surface area contributed by atoms with Crippen LogP contribution in [-0.2, 0) is 14.6 Å². The summed E-state index contributed by atoms with van der Waals surface area (Å²) in [6.07, 6.45) is 2.47. The van der Waals surface area contributed by atoms with Crippen LogP contribution < -0.4 is 10.1 Å². The number of halogens is 2. The second-order valence-electron chi connectivity index (χ2n) is 9.17. The van der Waals surface area contributed by atoms with Crippen molar-refractivity contribution < 1.29 is 31.5 Å². The zero-order chi connectivity index (χ0) is 24.8. The number of alkyl halides is 2. The Hall–Kier alpha value is -3.12. The molecule has 0 spiro atoms. The minimum Gasteiger partial charge on any atom is -0.435 e. The summed E-state index contributed by atoms with van der Waals surface area (Å²) in [6.45, 7) is -0.226. The summed E-state index contributed by atoms with van der Waals surface area (Å²) in [5.41, 5.74) is 1.52. The van der Waals surface area contributed by atoms with Crippen LogP contribution in [0.4, 0.5) is 8.78 Å². The Morgan fingerprint density at radius 1 is 1.34 bits per heavy atom. The van der Waals surface area contributed by atoms with E-state index in [0.717, 1.165) is 6.42 Å². The van der Waals surface area contributed by atoms with E-state index in [2.05, 4.69) is 15.0 Å². The first kappa shape index (κ1) is 23.6. The second kappa shape index (κ2) is 8.83. The molecule has 2 aliphatic heterocycles. The van der Waals surface area contributed by atoms with Crippen LogP contribution >= 0.6 is 0 Å². The highest BCUT2D eigenvalue weighted by Gasteiger charge is 2.39. The maximum absolute atomic E-state index is 13.0. The fourth-order valence-electron chi connectivity index (χ4n) is 4.61. The lowest BCUT2D eigenvalue weighted by molar-refractivity contribution is -0.0498. The van der Waals surface area contributed by atoms with Gasteiger partial charge in [-0.1, -0.05) is 12.1 Å². The van der Waals surface area contributed by atoms with Gasteiger partial charge in [0.05, 0.1) is 40.8 Å². The average molecular weight is 507 g/mol. The smallest absolute Gasteiger partial charge is 0.387 e. The van der Waals surface area contributed by atoms with E-state index in [9.17, 15) is 22.0 Å². The molecule has 12 heteroatoms. The number of amides is 1. The molecule has 2 aliphatic rings. The fourth-order valence-corrected chi connectivity index (χ4v) is 6.70. The van der Waals surface area contributed by atoms with Crippen LogP contribution in [0.2, 0.25) is 0 Å². The molecular weight excluding hydrogens is 482 g/mol. The summed E-state index contributed by atoms with van der Waals surface area (Å²) in [4.78, 5) is 17.5. The molecule has 1 aromatic carbocycles. The molecule has 2 aromatic heterocycles. The minimum atomic E-state index is -3.19. The topological polar surface area (TPSA) is 112 Å². The number of pyridine rings is 1. The molecule has 2 atom stereocenters. The first-order chi connectivity index (χ1) is 16.6. The molecule has 186 valence electrons. The van der Waals surface area contributed by atoms with E-state index in [-0.39, 0.29) is 28.9 Å². The summed E-state index contributed by atoms with van der Waals surface area (Å²) < 4.78 is 61.1. The van der Waals surface area contributed by atoms with E-state index in [1.807, 2.05) is 0 Å². The number of fused-ring (bicyclic) bond motifs is 1. The van der Waals surface area contributed by atoms with Crippen LogP contribution in [0.25, 0.3) is 22.3 Å². The Balaban J connectivity index is 1.53. The fraction of sp³-hybridized carbons (Fsp3) is 0.435. The predicted octanol–water partition coefficient (Wildman–Crippen LogP) is 2.97. The van der Waals surface area contributed by atoms with Crippen LogP contribution in [0.3, 0.4) is 0 Å². The first-order valence-electron chi connectivity index (χ1n) is 11.2. The number of ether oxygens (including phenoxy) is 2. The lowest BCUT2D eigenvalue weighted by Crippen LogP contribution is -2.46. The molecule has 2 saturated heterocycles. The van der Waals surface area contributed by atoms with Crippen molar-refractivity contribution >= 4 is 26.8 Å². The lowest BCUT2D eigenvalue weighted by atomic mass is 10.0. The zero-order valence-electron chi connectivity index (χ0n) is 18.9. The highest BCUT2D eigenvalue weighted by atomic mass is 32.2. The van der Waals surface area contributed by atoms with Crippen molar-refractivity contribution in [3.8, 4) is 17.0 Å². The van der Waals surface area contributed by atoms with Gasteiger partial charge in [-0.05, 0) is 38.0 Å². The van der Waals surface area contributed by atoms with Crippen molar-refractivity contribution in [3.63, 3.8) is 0 Å². The molecule has 2 fully saturated rings. The number of hydrogen-bond acceptors (Lipinski definition) is 7. The van der Waals surface area contributed by atoms with E-state index in [4.69, 9.17) is 9.84 Å². The Kier molecular flexibility index (Phi) is 5.96. The van der Waals surface area contributed by atoms with Crippen LogP contribution in [-0.4, -0.2) is 66.0 Å². The van der Waals surface area contributed by atoms with Crippen LogP contribution in [0.15, 0.2) is 36.5 Å². The summed E-state index contributed by atoms with van der Waals surface area (Å²) in [5.74, 6) is -0.504. The molecule has 0 bridgehead atoms. The van der Waals surface area contributed by atoms with Crippen LogP contribution in [0, 0.1) is 0 Å². The lowest BCUT2D eigenvalue weighted by Gasteiger charge is -2.23. The largest absolute Gasteiger partial charge is 0.435 e. The van der Waals surface area contributed by atoms with Crippen molar-refractivity contribution in [1.82, 2.24) is 20.1 Å². The number of carbonyl (C=O) groups excluding carboxylic acids is 1. The molecule has 35 heavy (non-hydrogen) atoms. The van der Waals surface area contributed by atoms with E-state index >= 15 is 0 Å². The third-order valence-electron chi connectivity index (χ3n) is 6.31. The number of hydrogen-bond donors (Lipinski definition) is 1. The molecule has 0 radical (unpaired) electrons. The molecule has 5 rings (SSSR count). The summed E-state index contributed by atoms with van der Waals surface area (Å²) in [6, 6.07) is 7.79. The monoisotopic (exact) mass is 506 g/mol. The summed E-state index contributed by atoms with van der Waals surface area (Å²) in [5, 5.41) is 7.56. The minimum absolute atomic E-state index is 0.000146. The Morgan fingerprint density at radius 2 is 2.17 bits per heavy atom. The maximum atomic E-state index is 13.0. The van der Waals surface area contributed by atoms with Gasteiger partial charge >= 0.3 is 6.61 Å². The first-order valence-corrected chi connectivity index (χ1v) is 13.0. The highest BCUT2D eigenvalue weighted by molar-refractivity contribution is 7.91. The van der Waals surface area contributed by atoms with Gasteiger partial charge in [-0.3, -0.25) is 14.5 Å². The van der Waals surface area contributed by atoms with Gasteiger partial charge in [0.2, 0.25) is 0 Å². The van der Waals surface area contributed by atoms with Crippen molar-refractivity contribution in [2.45, 2.75) is 38.0 Å². The molecule has 9 nitrogen and oxygen atoms in total. The number of rotatable bonds is 6. The third-order valence-corrected chi connectivity index (χ3v) is 8.21. The molecule has 1 amide bonds. The molecule has 0 saturated carbocycles. The molecule has 1 N–H and O–H groups in total. The van der Waals surface area contributed by atoms with Gasteiger partial charge in [-0.2, -0.15) is 13.9 Å². The van der Waals surface area contributed by atoms with Crippen LogP contribution in [0.5, 0.6) is 5.75 Å². The third kappa shape index (κ3) is 4.85. The van der Waals surface area contributed by atoms with Crippen molar-refractivity contribution in [1.29, 1.82) is 0 Å². The van der Waals surface area contributed by atoms with Gasteiger partial charge in [-0.15, -0.1) is 0 Å². The van der Waals surface area contributed by atoms with Gasteiger partial charge in [-0.25, -0.2) is 8.42 Å². The summed E-state index contributed by atoms with van der Waals surface area (Å²) >= 11 is 0. The number of aromatic nitrogens is 3.